The van der Waals surface area contributed by atoms with Crippen molar-refractivity contribution >= 4 is 5.97 Å². The van der Waals surface area contributed by atoms with Gasteiger partial charge in [-0.1, -0.05) is 13.8 Å². The molecule has 0 radical (unpaired) electrons. The molecule has 348 valence electrons. The molecule has 19 heteroatoms. The lowest BCUT2D eigenvalue weighted by Crippen LogP contribution is -2.66. The van der Waals surface area contributed by atoms with E-state index >= 15 is 0 Å². The topological polar surface area (TPSA) is 293 Å². The van der Waals surface area contributed by atoms with Crippen molar-refractivity contribution in [1.82, 2.24) is 0 Å². The number of hydrogen-bond acceptors (Lipinski definition) is 19. The first-order valence-corrected chi connectivity index (χ1v) is 21.9. The number of carbonyl (C=O) groups is 1. The number of methoxy groups -OCH3 is 1. The van der Waals surface area contributed by atoms with Crippen LogP contribution >= 0.6 is 0 Å². The molecule has 1 unspecified atom stereocenters. The molecule has 3 saturated heterocycles. The van der Waals surface area contributed by atoms with E-state index in [1.54, 1.807) is 6.92 Å². The van der Waals surface area contributed by atoms with Crippen molar-refractivity contribution < 1.29 is 93.8 Å². The van der Waals surface area contributed by atoms with Crippen molar-refractivity contribution in [3.8, 4) is 0 Å². The van der Waals surface area contributed by atoms with E-state index < -0.39 is 128 Å². The molecule has 61 heavy (non-hydrogen) atoms. The Morgan fingerprint density at radius 3 is 2.03 bits per heavy atom. The van der Waals surface area contributed by atoms with Gasteiger partial charge in [-0.25, -0.2) is 4.79 Å². The van der Waals surface area contributed by atoms with Crippen LogP contribution in [0.2, 0.25) is 0 Å². The fourth-order valence-electron chi connectivity index (χ4n) is 13.1. The second-order valence-corrected chi connectivity index (χ2v) is 19.5. The fraction of sp³-hybridized carbons (Fsp3) is 0.929. The molecule has 0 aromatic heterocycles. The van der Waals surface area contributed by atoms with Gasteiger partial charge < -0.3 is 89.0 Å². The number of cyclic esters (lactones) is 1. The van der Waals surface area contributed by atoms with Crippen LogP contribution in [0.25, 0.3) is 0 Å². The maximum atomic E-state index is 12.6. The van der Waals surface area contributed by atoms with Crippen LogP contribution in [-0.4, -0.2) is 194 Å². The maximum absolute atomic E-state index is 12.6. The molecule has 8 rings (SSSR count). The van der Waals surface area contributed by atoms with Crippen LogP contribution in [0.5, 0.6) is 0 Å². The quantitative estimate of drug-likeness (QED) is 0.0818. The Kier molecular flexibility index (Phi) is 13.1. The molecule has 0 bridgehead atoms. The third kappa shape index (κ3) is 7.63. The first kappa shape index (κ1) is 46.1. The van der Waals surface area contributed by atoms with Gasteiger partial charge in [-0.3, -0.25) is 0 Å². The second kappa shape index (κ2) is 17.4. The van der Waals surface area contributed by atoms with Crippen molar-refractivity contribution in [1.29, 1.82) is 0 Å². The lowest BCUT2D eigenvalue weighted by molar-refractivity contribution is -0.380. The van der Waals surface area contributed by atoms with Gasteiger partial charge in [0.2, 0.25) is 0 Å². The van der Waals surface area contributed by atoms with Gasteiger partial charge in [-0.2, -0.15) is 0 Å². The number of fused-ring (bicyclic) bond motifs is 5. The first-order valence-electron chi connectivity index (χ1n) is 21.9. The van der Waals surface area contributed by atoms with Crippen LogP contribution in [0, 0.1) is 34.5 Å². The number of esters is 1. The Bertz CT molecular complexity index is 1600. The third-order valence-corrected chi connectivity index (χ3v) is 16.5. The van der Waals surface area contributed by atoms with Crippen molar-refractivity contribution in [3.63, 3.8) is 0 Å². The average molecular weight is 875 g/mol. The van der Waals surface area contributed by atoms with E-state index in [2.05, 4.69) is 13.8 Å². The van der Waals surface area contributed by atoms with E-state index in [0.29, 0.717) is 6.42 Å². The molecule has 4 aliphatic carbocycles. The Morgan fingerprint density at radius 2 is 1.38 bits per heavy atom. The van der Waals surface area contributed by atoms with Crippen LogP contribution in [0.4, 0.5) is 0 Å². The number of aliphatic hydroxyl groups excluding tert-OH is 9. The van der Waals surface area contributed by atoms with Gasteiger partial charge in [0.1, 0.15) is 73.8 Å². The minimum atomic E-state index is -1.81. The molecule has 4 heterocycles. The van der Waals surface area contributed by atoms with Crippen LogP contribution in [0.3, 0.4) is 0 Å². The van der Waals surface area contributed by atoms with Gasteiger partial charge in [0, 0.05) is 30.9 Å². The highest BCUT2D eigenvalue weighted by Crippen LogP contribution is 2.70. The maximum Gasteiger partial charge on any atom is 0.331 e. The van der Waals surface area contributed by atoms with E-state index in [9.17, 15) is 55.9 Å². The van der Waals surface area contributed by atoms with Crippen molar-refractivity contribution in [2.24, 2.45) is 34.5 Å². The van der Waals surface area contributed by atoms with E-state index in [1.807, 2.05) is 0 Å². The van der Waals surface area contributed by atoms with Gasteiger partial charge >= 0.3 is 5.97 Å². The summed E-state index contributed by atoms with van der Waals surface area (Å²) in [6, 6.07) is 0. The first-order chi connectivity index (χ1) is 28.9. The summed E-state index contributed by atoms with van der Waals surface area (Å²) in [6.07, 6.45) is -15.4. The van der Waals surface area contributed by atoms with Crippen molar-refractivity contribution in [3.05, 3.63) is 11.6 Å². The summed E-state index contributed by atoms with van der Waals surface area (Å²) in [6.45, 7) is 4.76. The molecule has 24 atom stereocenters. The number of rotatable bonds is 10. The van der Waals surface area contributed by atoms with Crippen molar-refractivity contribution in [2.75, 3.05) is 26.9 Å². The molecular weight excluding hydrogens is 808 g/mol. The Balaban J connectivity index is 0.884. The zero-order valence-corrected chi connectivity index (χ0v) is 35.1. The van der Waals surface area contributed by atoms with E-state index in [1.165, 1.54) is 13.2 Å². The van der Waals surface area contributed by atoms with Crippen LogP contribution < -0.4 is 0 Å². The van der Waals surface area contributed by atoms with Gasteiger partial charge in [-0.05, 0) is 80.6 Å². The lowest BCUT2D eigenvalue weighted by Gasteiger charge is -2.63. The lowest BCUT2D eigenvalue weighted by atomic mass is 9.43. The van der Waals surface area contributed by atoms with Crippen LogP contribution in [0.1, 0.15) is 72.1 Å². The van der Waals surface area contributed by atoms with E-state index in [4.69, 9.17) is 37.9 Å². The van der Waals surface area contributed by atoms with Crippen LogP contribution in [0.15, 0.2) is 11.6 Å². The Morgan fingerprint density at radius 1 is 0.721 bits per heavy atom. The molecule has 4 saturated carbocycles. The molecule has 4 aliphatic heterocycles. The molecule has 7 fully saturated rings. The minimum absolute atomic E-state index is 0.00622. The highest BCUT2D eigenvalue weighted by Gasteiger charge is 2.70. The largest absolute Gasteiger partial charge is 0.458 e. The zero-order chi connectivity index (χ0) is 43.9. The van der Waals surface area contributed by atoms with Crippen molar-refractivity contribution in [2.45, 2.75) is 182 Å². The average Bonchev–Trinajstić information content (AvgIpc) is 3.74. The third-order valence-electron chi connectivity index (χ3n) is 16.5. The second-order valence-electron chi connectivity index (χ2n) is 19.5. The number of aliphatic hydroxyl groups is 10. The number of ether oxygens (including phenoxy) is 8. The fourth-order valence-corrected chi connectivity index (χ4v) is 13.1. The Hall–Kier alpha value is -1.47. The summed E-state index contributed by atoms with van der Waals surface area (Å²) < 4.78 is 46.6. The number of hydrogen-bond donors (Lipinski definition) is 10. The van der Waals surface area contributed by atoms with Crippen LogP contribution in [-0.2, 0) is 42.7 Å². The zero-order valence-electron chi connectivity index (χ0n) is 35.1. The van der Waals surface area contributed by atoms with E-state index in [0.717, 1.165) is 44.1 Å². The summed E-state index contributed by atoms with van der Waals surface area (Å²) in [5.41, 5.74) is -0.986. The molecule has 0 amide bonds. The normalized spacial score (nSPS) is 55.0. The van der Waals surface area contributed by atoms with Gasteiger partial charge in [0.05, 0.1) is 37.1 Å². The van der Waals surface area contributed by atoms with Gasteiger partial charge in [0.25, 0.3) is 0 Å². The molecule has 0 aromatic rings. The molecular formula is C42H66O19. The summed E-state index contributed by atoms with van der Waals surface area (Å²) in [5, 5.41) is 108. The highest BCUT2D eigenvalue weighted by atomic mass is 16.8. The van der Waals surface area contributed by atoms with E-state index in [-0.39, 0.29) is 48.2 Å². The summed E-state index contributed by atoms with van der Waals surface area (Å²) in [7, 11) is 1.38. The van der Waals surface area contributed by atoms with Gasteiger partial charge in [-0.15, -0.1) is 0 Å². The predicted molar refractivity (Wildman–Crippen MR) is 204 cm³/mol. The summed E-state index contributed by atoms with van der Waals surface area (Å²) >= 11 is 0. The SMILES string of the molecule is CO[C@@H]1[C@@H](O)[C@H](O[C@H]2CC[C@@]3(C)[C@H](CC[C@@H]4[C@@H]3CC[C@]3(C)C(C5=CC(=O)OC5)[C@@H](O)C[C@]43O)C2)O[C@H](C)[C@@H]1O[C@@H]1O[C@H](CO)[C@@H](O[C@@H]2O[C@H](CO)[C@@H](O)[C@H](O)[C@H]2O)[C@H](O)[C@H]1O. The minimum Gasteiger partial charge on any atom is -0.458 e. The summed E-state index contributed by atoms with van der Waals surface area (Å²) in [4.78, 5) is 12.0. The molecule has 0 aromatic carbocycles. The highest BCUT2D eigenvalue weighted by molar-refractivity contribution is 5.85. The summed E-state index contributed by atoms with van der Waals surface area (Å²) in [5.74, 6) is -0.235. The smallest absolute Gasteiger partial charge is 0.331 e. The van der Waals surface area contributed by atoms with Gasteiger partial charge in [0.15, 0.2) is 18.9 Å². The standard InChI is InChI=1S/C42H66O19/c1-17-34(60-38-32(51)30(49)35(25(15-44)59-38)61-37-31(50)29(48)28(47)24(14-43)58-37)36(54-4)33(52)39(56-17)57-20-7-9-40(2)19(12-20)5-6-22-21(40)8-10-41(3)27(18-11-26(46)55-16-18)23(45)13-42(22,41)53/h11,17,19-25,27-39,43-45,47-53H,5-10,12-16H2,1-4H3/t17-,19-,20+,21+,22-,23+,24-,25-,27?,28-,29+,30-,31-,32-,33-,34+,35-,36-,37+,38+,39+,40+,41-,42+/m1/s1. The monoisotopic (exact) mass is 874 g/mol. The Labute approximate surface area is 354 Å². The predicted octanol–water partition coefficient (Wildman–Crippen LogP) is -2.27. The molecule has 0 spiro atoms. The molecule has 8 aliphatic rings. The molecule has 19 nitrogen and oxygen atoms in total. The molecule has 10 N–H and O–H groups in total. The number of carbonyl (C=O) groups excluding carboxylic acids is 1.